The van der Waals surface area contributed by atoms with Crippen molar-refractivity contribution in [2.75, 3.05) is 12.7 Å². The predicted molar refractivity (Wildman–Crippen MR) is 180 cm³/mol. The van der Waals surface area contributed by atoms with E-state index in [1.165, 1.54) is 36.8 Å². The maximum atomic E-state index is 14.4. The van der Waals surface area contributed by atoms with Gasteiger partial charge in [0.05, 0.1) is 19.0 Å². The highest BCUT2D eigenvalue weighted by Crippen LogP contribution is 2.32. The van der Waals surface area contributed by atoms with E-state index in [1.807, 2.05) is 39.0 Å². The lowest BCUT2D eigenvalue weighted by Gasteiger charge is -2.34. The molecule has 4 atom stereocenters. The second kappa shape index (κ2) is 14.2. The minimum absolute atomic E-state index is 0.00442. The fourth-order valence-electron chi connectivity index (χ4n) is 6.61. The van der Waals surface area contributed by atoms with Gasteiger partial charge in [-0.3, -0.25) is 29.4 Å². The summed E-state index contributed by atoms with van der Waals surface area (Å²) in [5, 5.41) is 27.1. The van der Waals surface area contributed by atoms with Crippen LogP contribution in [0.3, 0.4) is 0 Å². The number of non-ortho nitro benzene ring substituents is 1. The van der Waals surface area contributed by atoms with E-state index >= 15 is 0 Å². The molecule has 13 heteroatoms. The summed E-state index contributed by atoms with van der Waals surface area (Å²) in [5.74, 6) is -1.31. The summed E-state index contributed by atoms with van der Waals surface area (Å²) in [5.41, 5.74) is 2.34. The van der Waals surface area contributed by atoms with Gasteiger partial charge in [-0.05, 0) is 54.3 Å². The zero-order valence-electron chi connectivity index (χ0n) is 28.1. The predicted octanol–water partition coefficient (Wildman–Crippen LogP) is 4.69. The molecule has 0 unspecified atom stereocenters. The number of aryl methyl sites for hydroxylation is 1. The first kappa shape index (κ1) is 35.6. The molecule has 2 aliphatic rings. The Kier molecular flexibility index (Phi) is 10.8. The maximum absolute atomic E-state index is 14.4. The van der Waals surface area contributed by atoms with E-state index in [0.29, 0.717) is 17.8 Å². The Labute approximate surface area is 277 Å². The third-order valence-electron chi connectivity index (χ3n) is 8.93. The van der Waals surface area contributed by atoms with Crippen LogP contribution in [0.5, 0.6) is 0 Å². The molecule has 0 saturated carbocycles. The molecular weight excluding hydrogens is 618 g/mol. The van der Waals surface area contributed by atoms with Crippen LogP contribution in [0.2, 0.25) is 19.1 Å². The van der Waals surface area contributed by atoms with Gasteiger partial charge in [-0.2, -0.15) is 0 Å². The van der Waals surface area contributed by atoms with Crippen LogP contribution < -0.4 is 10.6 Å². The van der Waals surface area contributed by atoms with E-state index in [0.717, 1.165) is 29.7 Å². The molecule has 47 heavy (non-hydrogen) atoms. The smallest absolute Gasteiger partial charge is 0.407 e. The van der Waals surface area contributed by atoms with E-state index in [1.54, 1.807) is 4.90 Å². The fraction of sp³-hybridized carbons (Fsp3) is 0.529. The molecule has 1 fully saturated rings. The molecule has 2 aromatic carbocycles. The van der Waals surface area contributed by atoms with Crippen LogP contribution in [0.1, 0.15) is 63.3 Å². The zero-order valence-corrected chi connectivity index (χ0v) is 29.1. The highest BCUT2D eigenvalue weighted by atomic mass is 28.3. The summed E-state index contributed by atoms with van der Waals surface area (Å²) < 4.78 is 0. The molecule has 0 bridgehead atoms. The monoisotopic (exact) mass is 665 g/mol. The van der Waals surface area contributed by atoms with E-state index in [2.05, 4.69) is 29.8 Å². The summed E-state index contributed by atoms with van der Waals surface area (Å²) >= 11 is 0. The number of carbonyl (C=O) groups is 4. The number of nitro benzene ring substituents is 1. The van der Waals surface area contributed by atoms with E-state index < -0.39 is 54.4 Å². The molecule has 4 amide bonds. The number of nitro groups is 1. The molecule has 3 N–H and O–H groups in total. The van der Waals surface area contributed by atoms with Crippen LogP contribution >= 0.6 is 0 Å². The summed E-state index contributed by atoms with van der Waals surface area (Å²) in [6.45, 7) is 11.4. The Hall–Kier alpha value is -4.26. The van der Waals surface area contributed by atoms with Crippen molar-refractivity contribution in [1.82, 2.24) is 20.4 Å². The lowest BCUT2D eigenvalue weighted by Crippen LogP contribution is -2.58. The summed E-state index contributed by atoms with van der Waals surface area (Å²) in [6, 6.07) is 11.3. The Morgan fingerprint density at radius 2 is 1.77 bits per heavy atom. The summed E-state index contributed by atoms with van der Waals surface area (Å²) in [7, 11) is -2.04. The molecule has 0 spiro atoms. The van der Waals surface area contributed by atoms with Crippen molar-refractivity contribution < 1.29 is 29.2 Å². The molecule has 1 saturated heterocycles. The standard InChI is InChI=1S/C34H47N5O7Si/c1-22(37(33(43)44)20-34(2,3)4)30(40)36-28(18-23-14-16-25(17-15-23)39(45)46)32(42)38-21-47(5,6)19-29(38)31(41)35-27-13-9-11-24-10-7-8-12-26(24)27/h7-8,10,12,14-17,22,27-29H,9,11,13,18-21H2,1-6H3,(H,35,41)(H,36,40)(H,43,44)/t22-,27+,28-,29-/m0/s1. The third-order valence-corrected chi connectivity index (χ3v) is 11.6. The van der Waals surface area contributed by atoms with Gasteiger partial charge in [0, 0.05) is 31.3 Å². The highest BCUT2D eigenvalue weighted by Gasteiger charge is 2.47. The SMILES string of the molecule is C[C@@H](C(=O)N[C@@H](Cc1ccc([N+](=O)[O-])cc1)C(=O)N1C[Si](C)(C)C[C@H]1C(=O)N[C@@H]1CCCc2ccccc21)N(CC(C)(C)C)C(=O)O. The number of amides is 4. The lowest BCUT2D eigenvalue weighted by molar-refractivity contribution is -0.384. The minimum atomic E-state index is -2.04. The third kappa shape index (κ3) is 8.97. The maximum Gasteiger partial charge on any atom is 0.407 e. The normalized spacial score (nSPS) is 20.0. The van der Waals surface area contributed by atoms with Gasteiger partial charge in [-0.25, -0.2) is 4.79 Å². The van der Waals surface area contributed by atoms with Crippen LogP contribution in [-0.2, 0) is 27.2 Å². The fourth-order valence-corrected chi connectivity index (χ4v) is 9.49. The van der Waals surface area contributed by atoms with Crippen molar-refractivity contribution in [2.24, 2.45) is 5.41 Å². The van der Waals surface area contributed by atoms with Crippen LogP contribution in [-0.4, -0.2) is 82.6 Å². The number of hydrogen-bond donors (Lipinski definition) is 3. The van der Waals surface area contributed by atoms with Gasteiger partial charge in [0.25, 0.3) is 5.69 Å². The van der Waals surface area contributed by atoms with E-state index in [4.69, 9.17) is 0 Å². The molecule has 1 aliphatic heterocycles. The Balaban J connectivity index is 1.61. The second-order valence-electron chi connectivity index (χ2n) is 14.8. The van der Waals surface area contributed by atoms with Crippen molar-refractivity contribution in [2.45, 2.75) is 96.7 Å². The van der Waals surface area contributed by atoms with Gasteiger partial charge in [-0.15, -0.1) is 0 Å². The van der Waals surface area contributed by atoms with Crippen LogP contribution in [0, 0.1) is 15.5 Å². The van der Waals surface area contributed by atoms with Crippen molar-refractivity contribution in [3.05, 3.63) is 75.3 Å². The quantitative estimate of drug-likeness (QED) is 0.188. The number of carbonyl (C=O) groups excluding carboxylic acids is 3. The molecular formula is C34H47N5O7Si. The van der Waals surface area contributed by atoms with Gasteiger partial charge < -0.3 is 20.6 Å². The molecule has 0 aromatic heterocycles. The first-order valence-corrected chi connectivity index (χ1v) is 19.6. The van der Waals surface area contributed by atoms with Crippen LogP contribution in [0.4, 0.5) is 10.5 Å². The molecule has 4 rings (SSSR count). The molecule has 1 aliphatic carbocycles. The molecule has 2 aromatic rings. The summed E-state index contributed by atoms with van der Waals surface area (Å²) in [4.78, 5) is 67.4. The van der Waals surface area contributed by atoms with Crippen LogP contribution in [0.25, 0.3) is 0 Å². The lowest BCUT2D eigenvalue weighted by atomic mass is 9.87. The first-order valence-electron chi connectivity index (χ1n) is 16.2. The topological polar surface area (TPSA) is 162 Å². The second-order valence-corrected chi connectivity index (χ2v) is 19.9. The summed E-state index contributed by atoms with van der Waals surface area (Å²) in [6.07, 6.45) is 1.86. The number of nitrogens with zero attached hydrogens (tertiary/aromatic N) is 3. The Morgan fingerprint density at radius 1 is 1.11 bits per heavy atom. The van der Waals surface area contributed by atoms with Crippen molar-refractivity contribution in [3.8, 4) is 0 Å². The highest BCUT2D eigenvalue weighted by molar-refractivity contribution is 6.79. The number of rotatable bonds is 10. The van der Waals surface area contributed by atoms with Gasteiger partial charge >= 0.3 is 6.09 Å². The minimum Gasteiger partial charge on any atom is -0.465 e. The van der Waals surface area contributed by atoms with Gasteiger partial charge in [0.15, 0.2) is 0 Å². The number of carboxylic acid groups (broad SMARTS) is 1. The van der Waals surface area contributed by atoms with Gasteiger partial charge in [0.2, 0.25) is 17.7 Å². The van der Waals surface area contributed by atoms with Crippen LogP contribution in [0.15, 0.2) is 48.5 Å². The van der Waals surface area contributed by atoms with E-state index in [-0.39, 0.29) is 30.6 Å². The molecule has 1 heterocycles. The van der Waals surface area contributed by atoms with Gasteiger partial charge in [-0.1, -0.05) is 70.3 Å². The zero-order chi connectivity index (χ0) is 34.7. The van der Waals surface area contributed by atoms with Crippen molar-refractivity contribution in [3.63, 3.8) is 0 Å². The average Bonchev–Trinajstić information content (AvgIpc) is 3.34. The number of nitrogens with one attached hydrogen (secondary N) is 2. The van der Waals surface area contributed by atoms with Crippen molar-refractivity contribution >= 4 is 37.6 Å². The average molecular weight is 666 g/mol. The molecule has 0 radical (unpaired) electrons. The first-order chi connectivity index (χ1) is 22.0. The van der Waals surface area contributed by atoms with Gasteiger partial charge in [0.1, 0.15) is 18.1 Å². The molecule has 254 valence electrons. The molecule has 12 nitrogen and oxygen atoms in total. The van der Waals surface area contributed by atoms with Crippen molar-refractivity contribution in [1.29, 1.82) is 0 Å². The Bertz CT molecular complexity index is 1510. The number of hydrogen-bond acceptors (Lipinski definition) is 6. The Morgan fingerprint density at radius 3 is 2.38 bits per heavy atom. The van der Waals surface area contributed by atoms with E-state index in [9.17, 15) is 34.4 Å². The number of fused-ring (bicyclic) bond motifs is 1. The largest absolute Gasteiger partial charge is 0.465 e. The number of benzene rings is 2.